The second-order valence-electron chi connectivity index (χ2n) is 4.65. The third-order valence-electron chi connectivity index (χ3n) is 2.11. The molecule has 1 saturated heterocycles. The molecular formula is C9H16N2O4. The molecule has 0 radical (unpaired) electrons. The van der Waals surface area contributed by atoms with Crippen LogP contribution in [0.5, 0.6) is 0 Å². The Hall–Kier alpha value is -1.33. The maximum Gasteiger partial charge on any atom is 0.410 e. The maximum absolute atomic E-state index is 11.5. The average molecular weight is 216 g/mol. The summed E-state index contributed by atoms with van der Waals surface area (Å²) in [7, 11) is 0. The zero-order chi connectivity index (χ0) is 11.6. The van der Waals surface area contributed by atoms with E-state index in [0.29, 0.717) is 13.0 Å². The maximum atomic E-state index is 11.5. The van der Waals surface area contributed by atoms with Crippen LogP contribution in [0.1, 0.15) is 27.2 Å². The van der Waals surface area contributed by atoms with E-state index in [1.807, 2.05) is 0 Å². The quantitative estimate of drug-likeness (QED) is 0.488. The van der Waals surface area contributed by atoms with Crippen molar-refractivity contribution in [3.05, 3.63) is 10.1 Å². The lowest BCUT2D eigenvalue weighted by atomic mass is 10.2. The molecule has 1 atom stereocenters. The Labute approximate surface area is 88.3 Å². The summed E-state index contributed by atoms with van der Waals surface area (Å²) < 4.78 is 5.11. The highest BCUT2D eigenvalue weighted by Crippen LogP contribution is 2.16. The summed E-state index contributed by atoms with van der Waals surface area (Å²) in [6.45, 7) is 5.87. The summed E-state index contributed by atoms with van der Waals surface area (Å²) in [5, 5.41) is 10.5. The van der Waals surface area contributed by atoms with Crippen molar-refractivity contribution in [2.45, 2.75) is 38.8 Å². The SMILES string of the molecule is CC(C)(C)OC(=O)N1CC[C@H]([N+](=O)[O-])C1. The van der Waals surface area contributed by atoms with Gasteiger partial charge in [0.25, 0.3) is 0 Å². The molecular weight excluding hydrogens is 200 g/mol. The van der Waals surface area contributed by atoms with Gasteiger partial charge in [-0.3, -0.25) is 10.1 Å². The third kappa shape index (κ3) is 3.38. The zero-order valence-corrected chi connectivity index (χ0v) is 9.23. The lowest BCUT2D eigenvalue weighted by molar-refractivity contribution is -0.517. The fourth-order valence-corrected chi connectivity index (χ4v) is 1.41. The minimum Gasteiger partial charge on any atom is -0.444 e. The molecule has 1 heterocycles. The average Bonchev–Trinajstić information content (AvgIpc) is 2.47. The second-order valence-corrected chi connectivity index (χ2v) is 4.65. The number of likely N-dealkylation sites (tertiary alicyclic amines) is 1. The van der Waals surface area contributed by atoms with Gasteiger partial charge in [-0.05, 0) is 20.8 Å². The van der Waals surface area contributed by atoms with Crippen molar-refractivity contribution in [1.29, 1.82) is 0 Å². The van der Waals surface area contributed by atoms with E-state index in [4.69, 9.17) is 4.74 Å². The van der Waals surface area contributed by atoms with Crippen molar-refractivity contribution in [1.82, 2.24) is 4.90 Å². The molecule has 1 fully saturated rings. The first-order valence-electron chi connectivity index (χ1n) is 4.91. The fraction of sp³-hybridized carbons (Fsp3) is 0.889. The molecule has 86 valence electrons. The van der Waals surface area contributed by atoms with Crippen LogP contribution in [0, 0.1) is 10.1 Å². The first-order valence-corrected chi connectivity index (χ1v) is 4.91. The summed E-state index contributed by atoms with van der Waals surface area (Å²) in [5.41, 5.74) is -0.552. The fourth-order valence-electron chi connectivity index (χ4n) is 1.41. The predicted octanol–water partition coefficient (Wildman–Crippen LogP) is 1.27. The second kappa shape index (κ2) is 4.04. The van der Waals surface area contributed by atoms with Crippen LogP contribution >= 0.6 is 0 Å². The van der Waals surface area contributed by atoms with Gasteiger partial charge in [0.05, 0.1) is 6.54 Å². The standard InChI is InChI=1S/C9H16N2O4/c1-9(2,3)15-8(12)10-5-4-7(6-10)11(13)14/h7H,4-6H2,1-3H3/t7-/m0/s1. The van der Waals surface area contributed by atoms with Gasteiger partial charge in [0.1, 0.15) is 5.60 Å². The molecule has 6 nitrogen and oxygen atoms in total. The topological polar surface area (TPSA) is 72.7 Å². The van der Waals surface area contributed by atoms with Crippen LogP contribution in [0.2, 0.25) is 0 Å². The number of ether oxygens (including phenoxy) is 1. The molecule has 6 heteroatoms. The Morgan fingerprint density at radius 3 is 2.53 bits per heavy atom. The summed E-state index contributed by atoms with van der Waals surface area (Å²) in [4.78, 5) is 23.0. The molecule has 0 N–H and O–H groups in total. The molecule has 0 aromatic carbocycles. The monoisotopic (exact) mass is 216 g/mol. The van der Waals surface area contributed by atoms with Gasteiger partial charge in [-0.15, -0.1) is 0 Å². The summed E-state index contributed by atoms with van der Waals surface area (Å²) >= 11 is 0. The van der Waals surface area contributed by atoms with Gasteiger partial charge in [0.2, 0.25) is 6.04 Å². The molecule has 0 saturated carbocycles. The van der Waals surface area contributed by atoms with Gasteiger partial charge in [-0.2, -0.15) is 0 Å². The molecule has 0 bridgehead atoms. The number of nitro groups is 1. The molecule has 1 aliphatic rings. The highest BCUT2D eigenvalue weighted by atomic mass is 16.6. The van der Waals surface area contributed by atoms with Crippen LogP contribution in [0.4, 0.5) is 4.79 Å². The number of carbonyl (C=O) groups is 1. The Bertz CT molecular complexity index is 272. The minimum absolute atomic E-state index is 0.155. The van der Waals surface area contributed by atoms with Crippen molar-refractivity contribution in [2.24, 2.45) is 0 Å². The zero-order valence-electron chi connectivity index (χ0n) is 9.23. The summed E-state index contributed by atoms with van der Waals surface area (Å²) in [6, 6.07) is -0.641. The molecule has 1 amide bonds. The Morgan fingerprint density at radius 1 is 1.53 bits per heavy atom. The van der Waals surface area contributed by atoms with E-state index in [0.717, 1.165) is 0 Å². The smallest absolute Gasteiger partial charge is 0.410 e. The first kappa shape index (κ1) is 11.7. The van der Waals surface area contributed by atoms with E-state index < -0.39 is 17.7 Å². The third-order valence-corrected chi connectivity index (χ3v) is 2.11. The molecule has 15 heavy (non-hydrogen) atoms. The Morgan fingerprint density at radius 2 is 2.13 bits per heavy atom. The summed E-state index contributed by atoms with van der Waals surface area (Å²) in [5.74, 6) is 0. The molecule has 1 rings (SSSR count). The molecule has 0 unspecified atom stereocenters. The van der Waals surface area contributed by atoms with Gasteiger partial charge in [0, 0.05) is 17.9 Å². The van der Waals surface area contributed by atoms with Crippen molar-refractivity contribution in [3.8, 4) is 0 Å². The Balaban J connectivity index is 2.47. The highest BCUT2D eigenvalue weighted by Gasteiger charge is 2.35. The van der Waals surface area contributed by atoms with E-state index in [1.54, 1.807) is 20.8 Å². The minimum atomic E-state index is -0.641. The van der Waals surface area contributed by atoms with E-state index in [2.05, 4.69) is 0 Å². The van der Waals surface area contributed by atoms with Gasteiger partial charge >= 0.3 is 6.09 Å². The molecule has 0 aromatic rings. The lowest BCUT2D eigenvalue weighted by Crippen LogP contribution is -2.36. The highest BCUT2D eigenvalue weighted by molar-refractivity contribution is 5.68. The van der Waals surface area contributed by atoms with Crippen LogP contribution < -0.4 is 0 Å². The van der Waals surface area contributed by atoms with E-state index in [9.17, 15) is 14.9 Å². The van der Waals surface area contributed by atoms with Crippen molar-refractivity contribution < 1.29 is 14.5 Å². The van der Waals surface area contributed by atoms with E-state index in [1.165, 1.54) is 4.90 Å². The Kier molecular flexibility index (Phi) is 3.16. The predicted molar refractivity (Wildman–Crippen MR) is 53.2 cm³/mol. The lowest BCUT2D eigenvalue weighted by Gasteiger charge is -2.23. The van der Waals surface area contributed by atoms with Crippen LogP contribution in [-0.4, -0.2) is 40.6 Å². The van der Waals surface area contributed by atoms with Crippen LogP contribution in [0.15, 0.2) is 0 Å². The van der Waals surface area contributed by atoms with Gasteiger partial charge in [-0.1, -0.05) is 0 Å². The first-order chi connectivity index (χ1) is 6.79. The summed E-state index contributed by atoms with van der Waals surface area (Å²) in [6.07, 6.45) is -0.0569. The van der Waals surface area contributed by atoms with Gasteiger partial charge in [0.15, 0.2) is 0 Å². The number of carbonyl (C=O) groups excluding carboxylic acids is 1. The van der Waals surface area contributed by atoms with Crippen LogP contribution in [0.3, 0.4) is 0 Å². The molecule has 1 aliphatic heterocycles. The number of hydrogen-bond acceptors (Lipinski definition) is 4. The van der Waals surface area contributed by atoms with Crippen molar-refractivity contribution in [3.63, 3.8) is 0 Å². The number of hydrogen-bond donors (Lipinski definition) is 0. The normalized spacial score (nSPS) is 21.5. The van der Waals surface area contributed by atoms with Crippen molar-refractivity contribution >= 4 is 6.09 Å². The molecule has 0 aliphatic carbocycles. The van der Waals surface area contributed by atoms with Crippen LogP contribution in [0.25, 0.3) is 0 Å². The van der Waals surface area contributed by atoms with Crippen molar-refractivity contribution in [2.75, 3.05) is 13.1 Å². The van der Waals surface area contributed by atoms with Crippen LogP contribution in [-0.2, 0) is 4.74 Å². The van der Waals surface area contributed by atoms with Gasteiger partial charge < -0.3 is 9.64 Å². The molecule has 0 spiro atoms. The van der Waals surface area contributed by atoms with E-state index >= 15 is 0 Å². The molecule has 0 aromatic heterocycles. The number of rotatable bonds is 1. The largest absolute Gasteiger partial charge is 0.444 e. The van der Waals surface area contributed by atoms with E-state index in [-0.39, 0.29) is 11.5 Å². The number of nitrogens with zero attached hydrogens (tertiary/aromatic N) is 2. The number of amides is 1. The van der Waals surface area contributed by atoms with Gasteiger partial charge in [-0.25, -0.2) is 4.79 Å².